The van der Waals surface area contributed by atoms with Crippen molar-refractivity contribution >= 4 is 27.4 Å². The van der Waals surface area contributed by atoms with Gasteiger partial charge in [-0.1, -0.05) is 37.3 Å². The highest BCUT2D eigenvalue weighted by Crippen LogP contribution is 2.22. The van der Waals surface area contributed by atoms with E-state index in [1.54, 1.807) is 0 Å². The summed E-state index contributed by atoms with van der Waals surface area (Å²) >= 11 is 1.26. The number of thiazole rings is 1. The van der Waals surface area contributed by atoms with Gasteiger partial charge in [0.15, 0.2) is 5.13 Å². The predicted octanol–water partition coefficient (Wildman–Crippen LogP) is 3.41. The second-order valence-corrected chi connectivity index (χ2v) is 5.81. The molecule has 1 aromatic heterocycles. The molecule has 1 amide bonds. The van der Waals surface area contributed by atoms with E-state index in [0.717, 1.165) is 5.56 Å². The van der Waals surface area contributed by atoms with E-state index in [-0.39, 0.29) is 5.91 Å². The molecule has 19 heavy (non-hydrogen) atoms. The van der Waals surface area contributed by atoms with Crippen LogP contribution in [0.5, 0.6) is 0 Å². The van der Waals surface area contributed by atoms with Gasteiger partial charge in [-0.05, 0) is 30.0 Å². The minimum absolute atomic E-state index is 0.151. The number of rotatable bonds is 3. The highest BCUT2D eigenvalue weighted by Gasteiger charge is 2.12. The molecule has 100 valence electrons. The summed E-state index contributed by atoms with van der Waals surface area (Å²) in [5.41, 5.74) is 8.44. The number of carbonyl (C=O) groups excluding carboxylic acids is 1. The molecule has 1 aromatic carbocycles. The maximum Gasteiger partial charge on any atom is 0.257 e. The fourth-order valence-corrected chi connectivity index (χ4v) is 2.39. The van der Waals surface area contributed by atoms with Gasteiger partial charge >= 0.3 is 0 Å². The zero-order valence-corrected chi connectivity index (χ0v) is 12.0. The van der Waals surface area contributed by atoms with E-state index in [1.807, 2.05) is 19.1 Å². The maximum atomic E-state index is 12.1. The van der Waals surface area contributed by atoms with Crippen molar-refractivity contribution in [2.45, 2.75) is 26.7 Å². The molecule has 3 N–H and O–H groups in total. The molecule has 0 aliphatic carbocycles. The van der Waals surface area contributed by atoms with Crippen LogP contribution in [0.1, 0.15) is 41.3 Å². The third kappa shape index (κ3) is 3.12. The fraction of sp³-hybridized carbons (Fsp3) is 0.286. The van der Waals surface area contributed by atoms with Gasteiger partial charge in [-0.25, -0.2) is 4.98 Å². The number of anilines is 2. The van der Waals surface area contributed by atoms with Gasteiger partial charge in [0.2, 0.25) is 0 Å². The highest BCUT2D eigenvalue weighted by molar-refractivity contribution is 7.19. The van der Waals surface area contributed by atoms with Gasteiger partial charge < -0.3 is 5.73 Å². The number of nitrogens with one attached hydrogen (secondary N) is 1. The molecule has 0 fully saturated rings. The lowest BCUT2D eigenvalue weighted by Gasteiger charge is -2.10. The Bertz CT molecular complexity index is 604. The number of benzene rings is 1. The van der Waals surface area contributed by atoms with Gasteiger partial charge in [-0.2, -0.15) is 0 Å². The van der Waals surface area contributed by atoms with Crippen LogP contribution in [0.25, 0.3) is 0 Å². The average Bonchev–Trinajstić information content (AvgIpc) is 2.74. The predicted molar refractivity (Wildman–Crippen MR) is 79.7 cm³/mol. The largest absolute Gasteiger partial charge is 0.389 e. The summed E-state index contributed by atoms with van der Waals surface area (Å²) in [6.07, 6.45) is 1.54. The van der Waals surface area contributed by atoms with E-state index in [9.17, 15) is 4.79 Å². The third-order valence-corrected chi connectivity index (χ3v) is 3.65. The van der Waals surface area contributed by atoms with Gasteiger partial charge in [-0.3, -0.25) is 10.1 Å². The molecule has 2 rings (SSSR count). The van der Waals surface area contributed by atoms with Gasteiger partial charge in [0, 0.05) is 5.56 Å². The van der Waals surface area contributed by atoms with Crippen LogP contribution < -0.4 is 11.1 Å². The van der Waals surface area contributed by atoms with Crippen molar-refractivity contribution in [1.29, 1.82) is 0 Å². The molecule has 0 saturated heterocycles. The van der Waals surface area contributed by atoms with Crippen LogP contribution in [-0.4, -0.2) is 10.9 Å². The summed E-state index contributed by atoms with van der Waals surface area (Å²) in [4.78, 5) is 16.2. The van der Waals surface area contributed by atoms with E-state index in [1.165, 1.54) is 23.1 Å². The molecule has 0 aliphatic rings. The first-order valence-electron chi connectivity index (χ1n) is 6.10. The van der Waals surface area contributed by atoms with E-state index >= 15 is 0 Å². The molecule has 5 heteroatoms. The van der Waals surface area contributed by atoms with Crippen LogP contribution in [0.2, 0.25) is 0 Å². The molecular weight excluding hydrogens is 258 g/mol. The number of hydrogen-bond donors (Lipinski definition) is 2. The van der Waals surface area contributed by atoms with Gasteiger partial charge in [0.25, 0.3) is 5.91 Å². The van der Waals surface area contributed by atoms with Crippen LogP contribution >= 0.6 is 11.3 Å². The number of carbonyl (C=O) groups is 1. The van der Waals surface area contributed by atoms with Gasteiger partial charge in [0.1, 0.15) is 5.00 Å². The standard InChI is InChI=1S/C14H17N3OS/c1-8(2)10-4-5-11(9(3)6-10)13(18)17-14-16-7-12(15)19-14/h4-8H,15H2,1-3H3,(H,16,17,18). The van der Waals surface area contributed by atoms with E-state index in [0.29, 0.717) is 21.6 Å². The van der Waals surface area contributed by atoms with Crippen molar-refractivity contribution in [1.82, 2.24) is 4.98 Å². The molecule has 0 aliphatic heterocycles. The number of amides is 1. The van der Waals surface area contributed by atoms with Crippen LogP contribution in [0.4, 0.5) is 10.1 Å². The molecule has 0 spiro atoms. The molecule has 1 heterocycles. The number of nitrogens with zero attached hydrogens (tertiary/aromatic N) is 1. The van der Waals surface area contributed by atoms with Crippen LogP contribution in [0, 0.1) is 6.92 Å². The van der Waals surface area contributed by atoms with Crippen LogP contribution in [-0.2, 0) is 0 Å². The zero-order valence-electron chi connectivity index (χ0n) is 11.2. The van der Waals surface area contributed by atoms with Crippen LogP contribution in [0.3, 0.4) is 0 Å². The Morgan fingerprint density at radius 3 is 2.68 bits per heavy atom. The van der Waals surface area contributed by atoms with E-state index < -0.39 is 0 Å². The molecular formula is C14H17N3OS. The summed E-state index contributed by atoms with van der Waals surface area (Å²) in [5, 5.41) is 3.87. The Kier molecular flexibility index (Phi) is 3.85. The summed E-state index contributed by atoms with van der Waals surface area (Å²) in [7, 11) is 0. The van der Waals surface area contributed by atoms with Gasteiger partial charge in [-0.15, -0.1) is 0 Å². The van der Waals surface area contributed by atoms with E-state index in [4.69, 9.17) is 5.73 Å². The smallest absolute Gasteiger partial charge is 0.257 e. The van der Waals surface area contributed by atoms with E-state index in [2.05, 4.69) is 30.2 Å². The summed E-state index contributed by atoms with van der Waals surface area (Å²) < 4.78 is 0. The van der Waals surface area contributed by atoms with Crippen molar-refractivity contribution < 1.29 is 4.79 Å². The van der Waals surface area contributed by atoms with Crippen molar-refractivity contribution in [3.63, 3.8) is 0 Å². The minimum atomic E-state index is -0.151. The SMILES string of the molecule is Cc1cc(C(C)C)ccc1C(=O)Nc1ncc(N)s1. The minimum Gasteiger partial charge on any atom is -0.389 e. The molecule has 0 radical (unpaired) electrons. The first-order valence-corrected chi connectivity index (χ1v) is 6.92. The summed E-state index contributed by atoms with van der Waals surface area (Å²) in [6.45, 7) is 6.21. The lowest BCUT2D eigenvalue weighted by molar-refractivity contribution is 0.102. The summed E-state index contributed by atoms with van der Waals surface area (Å²) in [6, 6.07) is 5.90. The van der Waals surface area contributed by atoms with Gasteiger partial charge in [0.05, 0.1) is 6.20 Å². The Morgan fingerprint density at radius 2 is 2.16 bits per heavy atom. The molecule has 0 unspecified atom stereocenters. The number of nitrogen functional groups attached to an aromatic ring is 1. The van der Waals surface area contributed by atoms with Crippen molar-refractivity contribution in [3.8, 4) is 0 Å². The fourth-order valence-electron chi connectivity index (χ4n) is 1.81. The second-order valence-electron chi connectivity index (χ2n) is 4.75. The topological polar surface area (TPSA) is 68.0 Å². The third-order valence-electron chi connectivity index (χ3n) is 2.91. The Labute approximate surface area is 116 Å². The van der Waals surface area contributed by atoms with Crippen LogP contribution in [0.15, 0.2) is 24.4 Å². The van der Waals surface area contributed by atoms with Crippen molar-refractivity contribution in [2.24, 2.45) is 0 Å². The lowest BCUT2D eigenvalue weighted by Crippen LogP contribution is -2.13. The molecule has 4 nitrogen and oxygen atoms in total. The quantitative estimate of drug-likeness (QED) is 0.902. The number of nitrogens with two attached hydrogens (primary N) is 1. The van der Waals surface area contributed by atoms with Crippen molar-refractivity contribution in [3.05, 3.63) is 41.1 Å². The lowest BCUT2D eigenvalue weighted by atomic mass is 9.98. The normalized spacial score (nSPS) is 10.7. The first kappa shape index (κ1) is 13.5. The number of hydrogen-bond acceptors (Lipinski definition) is 4. The zero-order chi connectivity index (χ0) is 14.0. The molecule has 0 bridgehead atoms. The number of aryl methyl sites for hydroxylation is 1. The highest BCUT2D eigenvalue weighted by atomic mass is 32.1. The first-order chi connectivity index (χ1) is 8.97. The Hall–Kier alpha value is -1.88. The summed E-state index contributed by atoms with van der Waals surface area (Å²) in [5.74, 6) is 0.303. The molecule has 2 aromatic rings. The monoisotopic (exact) mass is 275 g/mol. The number of aromatic nitrogens is 1. The Balaban J connectivity index is 2.19. The van der Waals surface area contributed by atoms with Crippen molar-refractivity contribution in [2.75, 3.05) is 11.1 Å². The second kappa shape index (κ2) is 5.40. The molecule has 0 saturated carbocycles. The average molecular weight is 275 g/mol. The Morgan fingerprint density at radius 1 is 1.42 bits per heavy atom. The molecule has 0 atom stereocenters. The maximum absolute atomic E-state index is 12.1.